The lowest BCUT2D eigenvalue weighted by atomic mass is 9.72. The van der Waals surface area contributed by atoms with Crippen molar-refractivity contribution in [1.29, 1.82) is 0 Å². The lowest BCUT2D eigenvalue weighted by Crippen LogP contribution is -2.54. The summed E-state index contributed by atoms with van der Waals surface area (Å²) >= 11 is 0. The summed E-state index contributed by atoms with van der Waals surface area (Å²) in [4.78, 5) is 28.9. The molecule has 0 radical (unpaired) electrons. The molecule has 1 atom stereocenters. The van der Waals surface area contributed by atoms with Gasteiger partial charge in [-0.1, -0.05) is 18.2 Å². The number of para-hydroxylation sites is 1. The number of ether oxygens (including phenoxy) is 1. The largest absolute Gasteiger partial charge is 0.480 e. The number of carbonyl (C=O) groups excluding carboxylic acids is 2. The summed E-state index contributed by atoms with van der Waals surface area (Å²) in [7, 11) is 0. The highest BCUT2D eigenvalue weighted by molar-refractivity contribution is 5.82. The van der Waals surface area contributed by atoms with E-state index in [9.17, 15) is 9.59 Å². The van der Waals surface area contributed by atoms with Crippen molar-refractivity contribution in [2.45, 2.75) is 51.6 Å². The maximum absolute atomic E-state index is 12.9. The van der Waals surface area contributed by atoms with Crippen molar-refractivity contribution in [2.75, 3.05) is 26.2 Å². The molecule has 140 valence electrons. The standard InChI is InChI=1S/C21H28N2O3/c1-2-22-15-21(10-9-19(22)24)11-13-23(14-12-21)20(25)18-8-7-16-5-3-4-6-17(16)26-18/h3-6,18H,2,7-15H2,1H3. The number of fused-ring (bicyclic) bond motifs is 1. The summed E-state index contributed by atoms with van der Waals surface area (Å²) in [5, 5.41) is 0. The first-order valence-corrected chi connectivity index (χ1v) is 9.91. The van der Waals surface area contributed by atoms with Gasteiger partial charge in [-0.2, -0.15) is 0 Å². The van der Waals surface area contributed by atoms with Crippen molar-refractivity contribution in [2.24, 2.45) is 5.41 Å². The molecule has 1 unspecified atom stereocenters. The van der Waals surface area contributed by atoms with Crippen LogP contribution >= 0.6 is 0 Å². The lowest BCUT2D eigenvalue weighted by Gasteiger charge is -2.47. The summed E-state index contributed by atoms with van der Waals surface area (Å²) in [6.45, 7) is 5.27. The Hall–Kier alpha value is -2.04. The second-order valence-corrected chi connectivity index (χ2v) is 7.99. The van der Waals surface area contributed by atoms with E-state index in [2.05, 4.69) is 6.07 Å². The Morgan fingerprint density at radius 1 is 1.19 bits per heavy atom. The van der Waals surface area contributed by atoms with Crippen LogP contribution in [0.25, 0.3) is 0 Å². The van der Waals surface area contributed by atoms with Gasteiger partial charge < -0.3 is 14.5 Å². The number of hydrogen-bond donors (Lipinski definition) is 0. The molecule has 5 nitrogen and oxygen atoms in total. The van der Waals surface area contributed by atoms with Crippen LogP contribution in [0, 0.1) is 5.41 Å². The first-order chi connectivity index (χ1) is 12.6. The van der Waals surface area contributed by atoms with Crippen molar-refractivity contribution in [1.82, 2.24) is 9.80 Å². The van der Waals surface area contributed by atoms with Gasteiger partial charge >= 0.3 is 0 Å². The van der Waals surface area contributed by atoms with Gasteiger partial charge in [-0.05, 0) is 56.1 Å². The molecule has 0 N–H and O–H groups in total. The first-order valence-electron chi connectivity index (χ1n) is 9.91. The number of rotatable bonds is 2. The minimum Gasteiger partial charge on any atom is -0.480 e. The fourth-order valence-electron chi connectivity index (χ4n) is 4.70. The van der Waals surface area contributed by atoms with E-state index in [0.717, 1.165) is 64.0 Å². The van der Waals surface area contributed by atoms with E-state index in [1.165, 1.54) is 5.56 Å². The average molecular weight is 356 g/mol. The smallest absolute Gasteiger partial charge is 0.263 e. The van der Waals surface area contributed by atoms with Gasteiger partial charge in [0, 0.05) is 32.6 Å². The summed E-state index contributed by atoms with van der Waals surface area (Å²) in [5.41, 5.74) is 1.40. The van der Waals surface area contributed by atoms with Crippen molar-refractivity contribution < 1.29 is 14.3 Å². The fourth-order valence-corrected chi connectivity index (χ4v) is 4.70. The van der Waals surface area contributed by atoms with E-state index >= 15 is 0 Å². The van der Waals surface area contributed by atoms with Crippen molar-refractivity contribution in [3.8, 4) is 5.75 Å². The Bertz CT molecular complexity index is 694. The van der Waals surface area contributed by atoms with Crippen LogP contribution in [0.15, 0.2) is 24.3 Å². The molecule has 4 rings (SSSR count). The van der Waals surface area contributed by atoms with Gasteiger partial charge in [-0.25, -0.2) is 0 Å². The Balaban J connectivity index is 1.36. The maximum Gasteiger partial charge on any atom is 0.263 e. The van der Waals surface area contributed by atoms with E-state index in [-0.39, 0.29) is 23.3 Å². The van der Waals surface area contributed by atoms with E-state index < -0.39 is 0 Å². The van der Waals surface area contributed by atoms with Gasteiger partial charge in [-0.15, -0.1) is 0 Å². The minimum absolute atomic E-state index is 0.133. The predicted molar refractivity (Wildman–Crippen MR) is 98.9 cm³/mol. The third-order valence-corrected chi connectivity index (χ3v) is 6.46. The predicted octanol–water partition coefficient (Wildman–Crippen LogP) is 2.63. The van der Waals surface area contributed by atoms with Crippen molar-refractivity contribution >= 4 is 11.8 Å². The van der Waals surface area contributed by atoms with Crippen LogP contribution in [0.5, 0.6) is 5.75 Å². The highest BCUT2D eigenvalue weighted by Gasteiger charge is 2.42. The molecule has 3 heterocycles. The van der Waals surface area contributed by atoms with Crippen LogP contribution in [-0.2, 0) is 16.0 Å². The topological polar surface area (TPSA) is 49.9 Å². The SMILES string of the molecule is CCN1CC2(CCC1=O)CCN(C(=O)C1CCc3ccccc3O1)CC2. The van der Waals surface area contributed by atoms with E-state index in [1.807, 2.05) is 34.9 Å². The van der Waals surface area contributed by atoms with Gasteiger partial charge in [0.1, 0.15) is 5.75 Å². The van der Waals surface area contributed by atoms with Gasteiger partial charge in [0.25, 0.3) is 5.91 Å². The molecule has 0 bridgehead atoms. The summed E-state index contributed by atoms with van der Waals surface area (Å²) in [6.07, 6.45) is 4.92. The average Bonchev–Trinajstić information content (AvgIpc) is 2.69. The van der Waals surface area contributed by atoms with Crippen LogP contribution in [-0.4, -0.2) is 53.9 Å². The van der Waals surface area contributed by atoms with Crippen LogP contribution < -0.4 is 4.74 Å². The molecule has 2 amide bonds. The van der Waals surface area contributed by atoms with Crippen LogP contribution in [0.4, 0.5) is 0 Å². The molecule has 0 aromatic heterocycles. The highest BCUT2D eigenvalue weighted by Crippen LogP contribution is 2.40. The monoisotopic (exact) mass is 356 g/mol. The van der Waals surface area contributed by atoms with Crippen LogP contribution in [0.2, 0.25) is 0 Å². The Morgan fingerprint density at radius 3 is 2.73 bits per heavy atom. The van der Waals surface area contributed by atoms with Crippen LogP contribution in [0.3, 0.4) is 0 Å². The Kier molecular flexibility index (Phi) is 4.63. The zero-order valence-corrected chi connectivity index (χ0v) is 15.6. The van der Waals surface area contributed by atoms with Crippen molar-refractivity contribution in [3.05, 3.63) is 29.8 Å². The summed E-state index contributed by atoms with van der Waals surface area (Å²) in [5.74, 6) is 1.27. The molecule has 3 aliphatic rings. The maximum atomic E-state index is 12.9. The number of nitrogens with zero attached hydrogens (tertiary/aromatic N) is 2. The molecule has 2 fully saturated rings. The third-order valence-electron chi connectivity index (χ3n) is 6.46. The molecule has 1 aromatic rings. The number of likely N-dealkylation sites (tertiary alicyclic amines) is 2. The van der Waals surface area contributed by atoms with Gasteiger partial charge in [0.15, 0.2) is 6.10 Å². The van der Waals surface area contributed by atoms with E-state index in [1.54, 1.807) is 0 Å². The summed E-state index contributed by atoms with van der Waals surface area (Å²) < 4.78 is 5.99. The number of benzene rings is 1. The molecule has 1 spiro atoms. The fraction of sp³-hybridized carbons (Fsp3) is 0.619. The molecular formula is C21H28N2O3. The number of piperidine rings is 2. The van der Waals surface area contributed by atoms with E-state index in [0.29, 0.717) is 6.42 Å². The molecule has 3 aliphatic heterocycles. The molecule has 5 heteroatoms. The van der Waals surface area contributed by atoms with Gasteiger partial charge in [0.2, 0.25) is 5.91 Å². The number of amides is 2. The molecule has 1 aromatic carbocycles. The zero-order chi connectivity index (χ0) is 18.1. The molecule has 26 heavy (non-hydrogen) atoms. The second-order valence-electron chi connectivity index (χ2n) is 7.99. The molecule has 0 aliphatic carbocycles. The number of aryl methyl sites for hydroxylation is 1. The summed E-state index contributed by atoms with van der Waals surface area (Å²) in [6, 6.07) is 8.01. The second kappa shape index (κ2) is 6.93. The normalized spacial score (nSPS) is 25.0. The number of hydrogen-bond acceptors (Lipinski definition) is 3. The quantitative estimate of drug-likeness (QED) is 0.818. The minimum atomic E-state index is -0.348. The third kappa shape index (κ3) is 3.19. The van der Waals surface area contributed by atoms with Gasteiger partial charge in [-0.3, -0.25) is 9.59 Å². The first kappa shape index (κ1) is 17.4. The zero-order valence-electron chi connectivity index (χ0n) is 15.6. The van der Waals surface area contributed by atoms with E-state index in [4.69, 9.17) is 4.74 Å². The molecule has 2 saturated heterocycles. The Labute approximate surface area is 155 Å². The van der Waals surface area contributed by atoms with Crippen LogP contribution in [0.1, 0.15) is 44.6 Å². The number of carbonyl (C=O) groups is 2. The van der Waals surface area contributed by atoms with Gasteiger partial charge in [0.05, 0.1) is 0 Å². The van der Waals surface area contributed by atoms with Crippen molar-refractivity contribution in [3.63, 3.8) is 0 Å². The highest BCUT2D eigenvalue weighted by atomic mass is 16.5. The lowest BCUT2D eigenvalue weighted by molar-refractivity contribution is -0.146. The Morgan fingerprint density at radius 2 is 1.96 bits per heavy atom. The molecular weight excluding hydrogens is 328 g/mol. The molecule has 0 saturated carbocycles.